The summed E-state index contributed by atoms with van der Waals surface area (Å²) in [4.78, 5) is 14.2. The molecule has 0 spiro atoms. The summed E-state index contributed by atoms with van der Waals surface area (Å²) in [6.07, 6.45) is -2.20. The Morgan fingerprint density at radius 1 is 0.781 bits per heavy atom. The molecule has 1 amide bonds. The van der Waals surface area contributed by atoms with Crippen molar-refractivity contribution in [1.82, 2.24) is 4.90 Å². The largest absolute Gasteiger partial charge is 0.376 e. The molecule has 0 saturated carbocycles. The van der Waals surface area contributed by atoms with Gasteiger partial charge in [-0.05, 0) is 28.3 Å². The van der Waals surface area contributed by atoms with E-state index in [0.717, 1.165) is 4.90 Å². The Balaban J connectivity index is 1.64. The van der Waals surface area contributed by atoms with Gasteiger partial charge in [0.2, 0.25) is 0 Å². The van der Waals surface area contributed by atoms with E-state index >= 15 is 0 Å². The minimum atomic E-state index is -2.20. The normalized spacial score (nSPS) is 18.4. The molecule has 4 aromatic carbocycles. The molecule has 5 rings (SSSR count). The van der Waals surface area contributed by atoms with Crippen molar-refractivity contribution < 1.29 is 16.4 Å². The number of hydrogen-bond acceptors (Lipinski definition) is 3. The molecule has 0 radical (unpaired) electrons. The Bertz CT molecular complexity index is 1270. The Morgan fingerprint density at radius 3 is 1.94 bits per heavy atom. The van der Waals surface area contributed by atoms with Crippen LogP contribution in [0.4, 0.5) is 0 Å². The third-order valence-electron chi connectivity index (χ3n) is 6.02. The minimum Gasteiger partial charge on any atom is -0.376 e. The summed E-state index contributed by atoms with van der Waals surface area (Å²) in [5.74, 6) is -0.416. The van der Waals surface area contributed by atoms with Gasteiger partial charge in [0, 0.05) is 17.7 Å². The number of fused-ring (bicyclic) bond motifs is 1. The van der Waals surface area contributed by atoms with Gasteiger partial charge in [-0.1, -0.05) is 103 Å². The monoisotopic (exact) mass is 422 g/mol. The van der Waals surface area contributed by atoms with Crippen LogP contribution >= 0.6 is 0 Å². The second-order valence-electron chi connectivity index (χ2n) is 7.86. The molecule has 0 aliphatic carbocycles. The fourth-order valence-corrected chi connectivity index (χ4v) is 4.42. The maximum absolute atomic E-state index is 13.1. The summed E-state index contributed by atoms with van der Waals surface area (Å²) in [6.45, 7) is -0.0360. The molecular formula is C28H23NO3. The number of aliphatic hydroxyl groups is 2. The topological polar surface area (TPSA) is 60.8 Å². The third kappa shape index (κ3) is 3.21. The predicted octanol–water partition coefficient (Wildman–Crippen LogP) is 4.62. The van der Waals surface area contributed by atoms with Crippen molar-refractivity contribution in [1.29, 1.82) is 0 Å². The summed E-state index contributed by atoms with van der Waals surface area (Å²) in [5, 5.41) is 23.2. The molecule has 0 saturated heterocycles. The van der Waals surface area contributed by atoms with Crippen LogP contribution in [0.2, 0.25) is 0 Å². The van der Waals surface area contributed by atoms with Crippen LogP contribution in [-0.4, -0.2) is 21.0 Å². The molecule has 158 valence electrons. The van der Waals surface area contributed by atoms with E-state index < -0.39 is 17.7 Å². The molecule has 4 nitrogen and oxygen atoms in total. The molecule has 0 bridgehead atoms. The summed E-state index contributed by atoms with van der Waals surface area (Å²) in [7, 11) is 0. The zero-order valence-corrected chi connectivity index (χ0v) is 17.3. The van der Waals surface area contributed by atoms with E-state index in [0.29, 0.717) is 27.8 Å². The van der Waals surface area contributed by atoms with E-state index in [1.807, 2.05) is 84.9 Å². The van der Waals surface area contributed by atoms with Crippen LogP contribution in [0.1, 0.15) is 45.7 Å². The molecule has 1 atom stereocenters. The zero-order chi connectivity index (χ0) is 23.1. The van der Waals surface area contributed by atoms with E-state index in [1.54, 1.807) is 24.3 Å². The van der Waals surface area contributed by atoms with Gasteiger partial charge in [0.05, 0.1) is 1.37 Å². The fraction of sp³-hybridized carbons (Fsp3) is 0.107. The number of carbonyl (C=O) groups is 1. The highest BCUT2D eigenvalue weighted by Crippen LogP contribution is 2.40. The van der Waals surface area contributed by atoms with Gasteiger partial charge < -0.3 is 15.1 Å². The number of rotatable bonds is 5. The van der Waals surface area contributed by atoms with Gasteiger partial charge in [-0.15, -0.1) is 0 Å². The van der Waals surface area contributed by atoms with Crippen molar-refractivity contribution in [3.05, 3.63) is 143 Å². The van der Waals surface area contributed by atoms with Crippen molar-refractivity contribution in [3.63, 3.8) is 0 Å². The van der Waals surface area contributed by atoms with Gasteiger partial charge in [-0.3, -0.25) is 4.79 Å². The Morgan fingerprint density at radius 2 is 1.31 bits per heavy atom. The first-order chi connectivity index (χ1) is 15.9. The lowest BCUT2D eigenvalue weighted by Crippen LogP contribution is -2.33. The van der Waals surface area contributed by atoms with E-state index in [9.17, 15) is 15.0 Å². The third-order valence-corrected chi connectivity index (χ3v) is 6.02. The van der Waals surface area contributed by atoms with Crippen molar-refractivity contribution in [3.8, 4) is 0 Å². The highest BCUT2D eigenvalue weighted by atomic mass is 16.3. The second kappa shape index (κ2) is 8.08. The van der Waals surface area contributed by atoms with Gasteiger partial charge in [-0.2, -0.15) is 0 Å². The van der Waals surface area contributed by atoms with Crippen molar-refractivity contribution in [2.45, 2.75) is 18.3 Å². The molecule has 1 heterocycles. The Labute approximate surface area is 188 Å². The summed E-state index contributed by atoms with van der Waals surface area (Å²) >= 11 is 0. The Kier molecular flexibility index (Phi) is 4.79. The van der Waals surface area contributed by atoms with E-state index in [2.05, 4.69) is 0 Å². The van der Waals surface area contributed by atoms with Crippen LogP contribution in [-0.2, 0) is 12.1 Å². The summed E-state index contributed by atoms with van der Waals surface area (Å²) in [5.41, 5.74) is 1.67. The lowest BCUT2D eigenvalue weighted by Gasteiger charge is -2.33. The molecule has 4 heteroatoms. The molecule has 0 fully saturated rings. The molecule has 1 unspecified atom stereocenters. The standard InChI is InChI=1S/C28H23NO3/c30-26-23-16-8-9-17-24(23)27(31)29(26)19-20-11-7-10-18-25(20)28(32,21-12-3-1-4-13-21)22-14-5-2-6-15-22/h1-18,26,30,32H,19H2/i26D. The minimum absolute atomic E-state index is 0.0360. The van der Waals surface area contributed by atoms with Crippen molar-refractivity contribution in [2.24, 2.45) is 0 Å². The lowest BCUT2D eigenvalue weighted by atomic mass is 9.78. The van der Waals surface area contributed by atoms with E-state index in [-0.39, 0.29) is 12.1 Å². The maximum atomic E-state index is 13.1. The lowest BCUT2D eigenvalue weighted by molar-refractivity contribution is 0.0130. The molecule has 2 N–H and O–H groups in total. The smallest absolute Gasteiger partial charge is 0.256 e. The highest BCUT2D eigenvalue weighted by Gasteiger charge is 2.39. The number of carbonyl (C=O) groups excluding carboxylic acids is 1. The van der Waals surface area contributed by atoms with E-state index in [4.69, 9.17) is 1.37 Å². The van der Waals surface area contributed by atoms with Crippen LogP contribution in [0.15, 0.2) is 109 Å². The average molecular weight is 423 g/mol. The van der Waals surface area contributed by atoms with E-state index in [1.165, 1.54) is 0 Å². The number of nitrogens with zero attached hydrogens (tertiary/aromatic N) is 1. The highest BCUT2D eigenvalue weighted by molar-refractivity contribution is 5.98. The van der Waals surface area contributed by atoms with Gasteiger partial charge in [0.1, 0.15) is 5.60 Å². The molecule has 1 aliphatic heterocycles. The second-order valence-corrected chi connectivity index (χ2v) is 7.86. The van der Waals surface area contributed by atoms with Crippen LogP contribution < -0.4 is 0 Å². The van der Waals surface area contributed by atoms with Crippen molar-refractivity contribution in [2.75, 3.05) is 0 Å². The fourth-order valence-electron chi connectivity index (χ4n) is 4.42. The first kappa shape index (κ1) is 19.0. The van der Waals surface area contributed by atoms with Crippen LogP contribution in [0.25, 0.3) is 0 Å². The molecular weight excluding hydrogens is 398 g/mol. The van der Waals surface area contributed by atoms with Crippen LogP contribution in [0, 0.1) is 0 Å². The van der Waals surface area contributed by atoms with Crippen molar-refractivity contribution >= 4 is 5.91 Å². The van der Waals surface area contributed by atoms with Gasteiger partial charge >= 0.3 is 0 Å². The zero-order valence-electron chi connectivity index (χ0n) is 18.3. The average Bonchev–Trinajstić information content (AvgIpc) is 3.06. The summed E-state index contributed by atoms with van der Waals surface area (Å²) < 4.78 is 8.56. The number of amides is 1. The predicted molar refractivity (Wildman–Crippen MR) is 123 cm³/mol. The Hall–Kier alpha value is -3.73. The quantitative estimate of drug-likeness (QED) is 0.462. The molecule has 4 aromatic rings. The van der Waals surface area contributed by atoms with Crippen LogP contribution in [0.3, 0.4) is 0 Å². The molecule has 1 aliphatic rings. The number of hydrogen-bond donors (Lipinski definition) is 2. The number of benzene rings is 4. The molecule has 32 heavy (non-hydrogen) atoms. The summed E-state index contributed by atoms with van der Waals surface area (Å²) in [6, 6.07) is 32.6. The molecule has 0 aromatic heterocycles. The maximum Gasteiger partial charge on any atom is 0.256 e. The first-order valence-electron chi connectivity index (χ1n) is 11.0. The van der Waals surface area contributed by atoms with Gasteiger partial charge in [0.25, 0.3) is 5.91 Å². The first-order valence-corrected chi connectivity index (χ1v) is 10.5. The van der Waals surface area contributed by atoms with Gasteiger partial charge in [-0.25, -0.2) is 0 Å². The SMILES string of the molecule is [2H]C1(O)c2ccccc2C(=O)N1Cc1ccccc1C(O)(c1ccccc1)c1ccccc1. The van der Waals surface area contributed by atoms with Crippen LogP contribution in [0.5, 0.6) is 0 Å². The van der Waals surface area contributed by atoms with Gasteiger partial charge in [0.15, 0.2) is 6.20 Å².